The molecule has 90 valence electrons. The Morgan fingerprint density at radius 2 is 2.29 bits per heavy atom. The molecule has 2 aromatic rings. The van der Waals surface area contributed by atoms with Gasteiger partial charge in [-0.1, -0.05) is 13.0 Å². The van der Waals surface area contributed by atoms with Crippen LogP contribution in [-0.2, 0) is 6.42 Å². The van der Waals surface area contributed by atoms with Crippen LogP contribution in [0.25, 0.3) is 5.82 Å². The topological polar surface area (TPSA) is 56.7 Å². The first-order chi connectivity index (χ1) is 8.20. The van der Waals surface area contributed by atoms with E-state index in [0.29, 0.717) is 0 Å². The van der Waals surface area contributed by atoms with Crippen LogP contribution in [0.15, 0.2) is 31.0 Å². The largest absolute Gasteiger partial charge is 0.327 e. The van der Waals surface area contributed by atoms with Gasteiger partial charge >= 0.3 is 0 Å². The van der Waals surface area contributed by atoms with E-state index in [9.17, 15) is 0 Å². The predicted octanol–water partition coefficient (Wildman–Crippen LogP) is 1.86. The van der Waals surface area contributed by atoms with Crippen molar-refractivity contribution in [1.82, 2.24) is 14.5 Å². The molecule has 2 rings (SSSR count). The molecule has 4 heteroatoms. The highest BCUT2D eigenvalue weighted by atomic mass is 15.1. The van der Waals surface area contributed by atoms with Gasteiger partial charge < -0.3 is 5.73 Å². The molecule has 1 unspecified atom stereocenters. The number of imidazole rings is 1. The van der Waals surface area contributed by atoms with Gasteiger partial charge in [-0.05, 0) is 30.9 Å². The van der Waals surface area contributed by atoms with Crippen LogP contribution >= 0.6 is 0 Å². The van der Waals surface area contributed by atoms with Crippen molar-refractivity contribution in [3.8, 4) is 5.82 Å². The van der Waals surface area contributed by atoms with Crippen LogP contribution in [0.2, 0.25) is 0 Å². The number of hydrogen-bond donors (Lipinski definition) is 1. The fraction of sp³-hybridized carbons (Fsp3) is 0.385. The third-order valence-electron chi connectivity index (χ3n) is 2.88. The number of aromatic nitrogens is 3. The molecule has 0 saturated heterocycles. The first kappa shape index (κ1) is 11.8. The highest BCUT2D eigenvalue weighted by molar-refractivity contribution is 5.35. The maximum absolute atomic E-state index is 5.94. The molecule has 0 radical (unpaired) electrons. The van der Waals surface area contributed by atoms with Crippen LogP contribution in [0, 0.1) is 6.92 Å². The van der Waals surface area contributed by atoms with Crippen LogP contribution in [-0.4, -0.2) is 20.6 Å². The molecule has 2 heterocycles. The van der Waals surface area contributed by atoms with Crippen molar-refractivity contribution in [3.63, 3.8) is 0 Å². The zero-order valence-corrected chi connectivity index (χ0v) is 10.3. The van der Waals surface area contributed by atoms with Gasteiger partial charge in [0.05, 0.1) is 0 Å². The summed E-state index contributed by atoms with van der Waals surface area (Å²) in [5.74, 6) is 0.927. The first-order valence-corrected chi connectivity index (χ1v) is 5.90. The molecule has 17 heavy (non-hydrogen) atoms. The minimum absolute atomic E-state index is 0.218. The highest BCUT2D eigenvalue weighted by Gasteiger charge is 2.06. The van der Waals surface area contributed by atoms with Gasteiger partial charge in [0.25, 0.3) is 0 Å². The van der Waals surface area contributed by atoms with Gasteiger partial charge in [0.1, 0.15) is 12.1 Å². The molecule has 2 N–H and O–H groups in total. The Kier molecular flexibility index (Phi) is 3.54. The predicted molar refractivity (Wildman–Crippen MR) is 68.1 cm³/mol. The summed E-state index contributed by atoms with van der Waals surface area (Å²) in [5.41, 5.74) is 8.28. The summed E-state index contributed by atoms with van der Waals surface area (Å²) >= 11 is 0. The van der Waals surface area contributed by atoms with E-state index in [2.05, 4.69) is 29.9 Å². The molecule has 0 aliphatic carbocycles. The summed E-state index contributed by atoms with van der Waals surface area (Å²) in [5, 5.41) is 0. The van der Waals surface area contributed by atoms with E-state index in [0.717, 1.165) is 24.2 Å². The lowest BCUT2D eigenvalue weighted by Crippen LogP contribution is -2.21. The van der Waals surface area contributed by atoms with Gasteiger partial charge in [-0.15, -0.1) is 0 Å². The van der Waals surface area contributed by atoms with Gasteiger partial charge in [0, 0.05) is 24.6 Å². The Hall–Kier alpha value is -1.68. The van der Waals surface area contributed by atoms with E-state index in [1.807, 2.05) is 17.0 Å². The van der Waals surface area contributed by atoms with E-state index in [1.54, 1.807) is 12.5 Å². The molecule has 4 nitrogen and oxygen atoms in total. The zero-order valence-electron chi connectivity index (χ0n) is 10.3. The van der Waals surface area contributed by atoms with E-state index >= 15 is 0 Å². The third-order valence-corrected chi connectivity index (χ3v) is 2.88. The van der Waals surface area contributed by atoms with Crippen LogP contribution < -0.4 is 5.73 Å². The monoisotopic (exact) mass is 230 g/mol. The summed E-state index contributed by atoms with van der Waals surface area (Å²) in [4.78, 5) is 8.50. The Balaban J connectivity index is 2.23. The molecule has 1 atom stereocenters. The number of nitrogens with zero attached hydrogens (tertiary/aromatic N) is 3. The van der Waals surface area contributed by atoms with Crippen LogP contribution in [0.4, 0.5) is 0 Å². The fourth-order valence-corrected chi connectivity index (χ4v) is 1.84. The number of nitrogens with two attached hydrogens (primary N) is 1. The van der Waals surface area contributed by atoms with E-state index in [4.69, 9.17) is 5.73 Å². The first-order valence-electron chi connectivity index (χ1n) is 5.90. The van der Waals surface area contributed by atoms with Gasteiger partial charge in [-0.25, -0.2) is 9.97 Å². The van der Waals surface area contributed by atoms with Gasteiger partial charge in [-0.2, -0.15) is 0 Å². The standard InChI is InChI=1S/C13H18N4/c1-3-12(14)7-11-6-10(2)13(16-8-11)17-5-4-15-9-17/h4-6,8-9,12H,3,7,14H2,1-2H3. The Morgan fingerprint density at radius 1 is 1.47 bits per heavy atom. The van der Waals surface area contributed by atoms with E-state index in [-0.39, 0.29) is 6.04 Å². The third kappa shape index (κ3) is 2.71. The van der Waals surface area contributed by atoms with Crippen molar-refractivity contribution in [2.45, 2.75) is 32.7 Å². The van der Waals surface area contributed by atoms with Crippen molar-refractivity contribution in [1.29, 1.82) is 0 Å². The van der Waals surface area contributed by atoms with Crippen molar-refractivity contribution in [2.75, 3.05) is 0 Å². The molecule has 0 bridgehead atoms. The summed E-state index contributed by atoms with van der Waals surface area (Å²) in [6.07, 6.45) is 9.18. The summed E-state index contributed by atoms with van der Waals surface area (Å²) in [6, 6.07) is 2.37. The summed E-state index contributed by atoms with van der Waals surface area (Å²) in [6.45, 7) is 4.16. The molecular weight excluding hydrogens is 212 g/mol. The number of aryl methyl sites for hydroxylation is 1. The maximum Gasteiger partial charge on any atom is 0.140 e. The van der Waals surface area contributed by atoms with Gasteiger partial charge in [0.2, 0.25) is 0 Å². The molecule has 0 aliphatic rings. The van der Waals surface area contributed by atoms with Crippen LogP contribution in [0.5, 0.6) is 0 Å². The van der Waals surface area contributed by atoms with Crippen molar-refractivity contribution in [3.05, 3.63) is 42.1 Å². The highest BCUT2D eigenvalue weighted by Crippen LogP contribution is 2.13. The second kappa shape index (κ2) is 5.10. The summed E-state index contributed by atoms with van der Waals surface area (Å²) in [7, 11) is 0. The molecule has 0 aliphatic heterocycles. The molecule has 0 saturated carbocycles. The quantitative estimate of drug-likeness (QED) is 0.872. The number of rotatable bonds is 4. The molecule has 2 aromatic heterocycles. The Labute approximate surface area is 102 Å². The average Bonchev–Trinajstić information content (AvgIpc) is 2.82. The fourth-order valence-electron chi connectivity index (χ4n) is 1.84. The smallest absolute Gasteiger partial charge is 0.140 e. The van der Waals surface area contributed by atoms with Gasteiger partial charge in [-0.3, -0.25) is 4.57 Å². The zero-order chi connectivity index (χ0) is 12.3. The second-order valence-corrected chi connectivity index (χ2v) is 4.33. The molecule has 0 aromatic carbocycles. The second-order valence-electron chi connectivity index (χ2n) is 4.33. The van der Waals surface area contributed by atoms with Crippen molar-refractivity contribution < 1.29 is 0 Å². The van der Waals surface area contributed by atoms with Crippen molar-refractivity contribution in [2.24, 2.45) is 5.73 Å². The lowest BCUT2D eigenvalue weighted by atomic mass is 10.1. The lowest BCUT2D eigenvalue weighted by molar-refractivity contribution is 0.644. The molecule has 0 spiro atoms. The molecule has 0 fully saturated rings. The average molecular weight is 230 g/mol. The van der Waals surface area contributed by atoms with Crippen molar-refractivity contribution >= 4 is 0 Å². The Bertz CT molecular complexity index is 476. The van der Waals surface area contributed by atoms with Crippen LogP contribution in [0.3, 0.4) is 0 Å². The normalized spacial score (nSPS) is 12.6. The molecular formula is C13H18N4. The van der Waals surface area contributed by atoms with Gasteiger partial charge in [0.15, 0.2) is 0 Å². The summed E-state index contributed by atoms with van der Waals surface area (Å²) < 4.78 is 1.92. The minimum atomic E-state index is 0.218. The van der Waals surface area contributed by atoms with Crippen LogP contribution in [0.1, 0.15) is 24.5 Å². The minimum Gasteiger partial charge on any atom is -0.327 e. The number of hydrogen-bond acceptors (Lipinski definition) is 3. The molecule has 0 amide bonds. The maximum atomic E-state index is 5.94. The SMILES string of the molecule is CCC(N)Cc1cnc(-n2ccnc2)c(C)c1. The lowest BCUT2D eigenvalue weighted by Gasteiger charge is -2.11. The Morgan fingerprint density at radius 3 is 2.88 bits per heavy atom. The van der Waals surface area contributed by atoms with E-state index < -0.39 is 0 Å². The van der Waals surface area contributed by atoms with E-state index in [1.165, 1.54) is 5.56 Å². The number of pyridine rings is 1.